The Morgan fingerprint density at radius 1 is 1.00 bits per heavy atom. The highest BCUT2D eigenvalue weighted by molar-refractivity contribution is 5.77. The van der Waals surface area contributed by atoms with Crippen LogP contribution in [0, 0.1) is 0 Å². The average Bonchev–Trinajstić information content (AvgIpc) is 2.55. The molecule has 0 aromatic heterocycles. The Morgan fingerprint density at radius 2 is 1.73 bits per heavy atom. The van der Waals surface area contributed by atoms with Gasteiger partial charge in [-0.15, -0.1) is 0 Å². The van der Waals surface area contributed by atoms with E-state index in [-0.39, 0.29) is 5.91 Å². The summed E-state index contributed by atoms with van der Waals surface area (Å²) in [5, 5.41) is 5.86. The van der Waals surface area contributed by atoms with Crippen molar-refractivity contribution < 1.29 is 9.53 Å². The van der Waals surface area contributed by atoms with E-state index in [4.69, 9.17) is 4.74 Å². The molecule has 2 rings (SSSR count). The van der Waals surface area contributed by atoms with E-state index in [1.54, 1.807) is 0 Å². The second-order valence-corrected chi connectivity index (χ2v) is 4.98. The van der Waals surface area contributed by atoms with E-state index in [2.05, 4.69) is 10.6 Å². The lowest BCUT2D eigenvalue weighted by Gasteiger charge is -2.08. The van der Waals surface area contributed by atoms with Crippen LogP contribution in [0.15, 0.2) is 54.6 Å². The zero-order valence-corrected chi connectivity index (χ0v) is 12.8. The second-order valence-electron chi connectivity index (χ2n) is 4.98. The third-order valence-corrected chi connectivity index (χ3v) is 3.16. The first-order valence-electron chi connectivity index (χ1n) is 7.51. The lowest BCUT2D eigenvalue weighted by molar-refractivity contribution is -0.120. The van der Waals surface area contributed by atoms with Crippen LogP contribution in [-0.4, -0.2) is 19.0 Å². The van der Waals surface area contributed by atoms with Gasteiger partial charge in [0.1, 0.15) is 12.4 Å². The Hall–Kier alpha value is -2.33. The lowest BCUT2D eigenvalue weighted by Crippen LogP contribution is -2.33. The molecular formula is C18H22N2O2. The minimum atomic E-state index is 0.0188. The summed E-state index contributed by atoms with van der Waals surface area (Å²) in [6.07, 6.45) is 0. The SMILES string of the molecule is CCNC(=O)CNCc1ccc(OCc2ccccc2)cc1. The molecule has 116 valence electrons. The Labute approximate surface area is 131 Å². The summed E-state index contributed by atoms with van der Waals surface area (Å²) in [6.45, 7) is 4.13. The number of hydrogen-bond acceptors (Lipinski definition) is 3. The smallest absolute Gasteiger partial charge is 0.233 e. The van der Waals surface area contributed by atoms with Gasteiger partial charge in [-0.1, -0.05) is 42.5 Å². The molecule has 4 nitrogen and oxygen atoms in total. The van der Waals surface area contributed by atoms with Crippen LogP contribution in [-0.2, 0) is 17.9 Å². The van der Waals surface area contributed by atoms with Gasteiger partial charge in [-0.2, -0.15) is 0 Å². The maximum atomic E-state index is 11.3. The zero-order chi connectivity index (χ0) is 15.6. The normalized spacial score (nSPS) is 10.2. The van der Waals surface area contributed by atoms with Crippen LogP contribution in [0.4, 0.5) is 0 Å². The third kappa shape index (κ3) is 5.58. The van der Waals surface area contributed by atoms with Crippen molar-refractivity contribution in [3.8, 4) is 5.75 Å². The van der Waals surface area contributed by atoms with Gasteiger partial charge in [0.15, 0.2) is 0 Å². The molecule has 22 heavy (non-hydrogen) atoms. The summed E-state index contributed by atoms with van der Waals surface area (Å²) < 4.78 is 5.74. The zero-order valence-electron chi connectivity index (χ0n) is 12.8. The van der Waals surface area contributed by atoms with Gasteiger partial charge in [-0.25, -0.2) is 0 Å². The molecule has 2 aromatic carbocycles. The van der Waals surface area contributed by atoms with Crippen molar-refractivity contribution in [2.75, 3.05) is 13.1 Å². The Kier molecular flexibility index (Phi) is 6.45. The number of nitrogens with one attached hydrogen (secondary N) is 2. The van der Waals surface area contributed by atoms with E-state index in [0.717, 1.165) is 16.9 Å². The van der Waals surface area contributed by atoms with Gasteiger partial charge in [-0.05, 0) is 30.2 Å². The van der Waals surface area contributed by atoms with E-state index in [1.807, 2.05) is 61.5 Å². The van der Waals surface area contributed by atoms with Crippen molar-refractivity contribution in [2.24, 2.45) is 0 Å². The van der Waals surface area contributed by atoms with Gasteiger partial charge in [0, 0.05) is 13.1 Å². The highest BCUT2D eigenvalue weighted by atomic mass is 16.5. The molecule has 0 atom stereocenters. The van der Waals surface area contributed by atoms with E-state index >= 15 is 0 Å². The van der Waals surface area contributed by atoms with Gasteiger partial charge in [0.05, 0.1) is 6.54 Å². The Morgan fingerprint density at radius 3 is 2.41 bits per heavy atom. The molecule has 0 fully saturated rings. The van der Waals surface area contributed by atoms with Crippen molar-refractivity contribution in [3.63, 3.8) is 0 Å². The molecule has 2 N–H and O–H groups in total. The van der Waals surface area contributed by atoms with Gasteiger partial charge in [0.2, 0.25) is 5.91 Å². The van der Waals surface area contributed by atoms with Crippen molar-refractivity contribution in [1.29, 1.82) is 0 Å². The van der Waals surface area contributed by atoms with E-state index in [9.17, 15) is 4.79 Å². The molecule has 0 saturated heterocycles. The number of carbonyl (C=O) groups excluding carboxylic acids is 1. The predicted molar refractivity (Wildman–Crippen MR) is 87.6 cm³/mol. The van der Waals surface area contributed by atoms with Crippen molar-refractivity contribution in [3.05, 3.63) is 65.7 Å². The highest BCUT2D eigenvalue weighted by Crippen LogP contribution is 2.14. The van der Waals surface area contributed by atoms with Crippen molar-refractivity contribution >= 4 is 5.91 Å². The molecule has 0 spiro atoms. The number of benzene rings is 2. The van der Waals surface area contributed by atoms with Crippen LogP contribution in [0.5, 0.6) is 5.75 Å². The molecule has 1 amide bonds. The molecule has 0 aliphatic rings. The predicted octanol–water partition coefficient (Wildman–Crippen LogP) is 2.49. The first-order valence-corrected chi connectivity index (χ1v) is 7.51. The number of carbonyl (C=O) groups is 1. The molecule has 0 aliphatic carbocycles. The third-order valence-electron chi connectivity index (χ3n) is 3.16. The van der Waals surface area contributed by atoms with Gasteiger partial charge in [-0.3, -0.25) is 4.79 Å². The lowest BCUT2D eigenvalue weighted by atomic mass is 10.2. The summed E-state index contributed by atoms with van der Waals surface area (Å²) in [5.74, 6) is 0.863. The van der Waals surface area contributed by atoms with Crippen LogP contribution in [0.1, 0.15) is 18.1 Å². The largest absolute Gasteiger partial charge is 0.489 e. The Bertz CT molecular complexity index is 567. The summed E-state index contributed by atoms with van der Waals surface area (Å²) in [6, 6.07) is 18.0. The van der Waals surface area contributed by atoms with Crippen LogP contribution >= 0.6 is 0 Å². The number of rotatable bonds is 8. The molecule has 0 heterocycles. The summed E-state index contributed by atoms with van der Waals surface area (Å²) in [4.78, 5) is 11.3. The fourth-order valence-electron chi connectivity index (χ4n) is 2.02. The average molecular weight is 298 g/mol. The van der Waals surface area contributed by atoms with E-state index in [0.29, 0.717) is 26.2 Å². The highest BCUT2D eigenvalue weighted by Gasteiger charge is 2.00. The van der Waals surface area contributed by atoms with Crippen LogP contribution in [0.25, 0.3) is 0 Å². The van der Waals surface area contributed by atoms with Crippen LogP contribution in [0.3, 0.4) is 0 Å². The summed E-state index contributed by atoms with van der Waals surface area (Å²) >= 11 is 0. The number of likely N-dealkylation sites (N-methyl/N-ethyl adjacent to an activating group) is 1. The monoisotopic (exact) mass is 298 g/mol. The first kappa shape index (κ1) is 16.0. The second kappa shape index (κ2) is 8.85. The molecule has 0 saturated carbocycles. The first-order chi connectivity index (χ1) is 10.8. The number of hydrogen-bond donors (Lipinski definition) is 2. The van der Waals surface area contributed by atoms with Crippen molar-refractivity contribution in [1.82, 2.24) is 10.6 Å². The van der Waals surface area contributed by atoms with Gasteiger partial charge in [0.25, 0.3) is 0 Å². The minimum Gasteiger partial charge on any atom is -0.489 e. The molecule has 2 aromatic rings. The van der Waals surface area contributed by atoms with Crippen LogP contribution < -0.4 is 15.4 Å². The molecular weight excluding hydrogens is 276 g/mol. The number of ether oxygens (including phenoxy) is 1. The summed E-state index contributed by atoms with van der Waals surface area (Å²) in [5.41, 5.74) is 2.27. The molecule has 0 unspecified atom stereocenters. The quantitative estimate of drug-likeness (QED) is 0.787. The topological polar surface area (TPSA) is 50.4 Å². The van der Waals surface area contributed by atoms with Gasteiger partial charge >= 0.3 is 0 Å². The maximum Gasteiger partial charge on any atom is 0.233 e. The number of amides is 1. The fraction of sp³-hybridized carbons (Fsp3) is 0.278. The Balaban J connectivity index is 1.74. The minimum absolute atomic E-state index is 0.0188. The maximum absolute atomic E-state index is 11.3. The standard InChI is InChI=1S/C18H22N2O2/c1-2-20-18(21)13-19-12-15-8-10-17(11-9-15)22-14-16-6-4-3-5-7-16/h3-11,19H,2,12-14H2,1H3,(H,20,21). The summed E-state index contributed by atoms with van der Waals surface area (Å²) in [7, 11) is 0. The fourth-order valence-corrected chi connectivity index (χ4v) is 2.02. The van der Waals surface area contributed by atoms with Crippen molar-refractivity contribution in [2.45, 2.75) is 20.1 Å². The molecule has 0 bridgehead atoms. The molecule has 0 aliphatic heterocycles. The van der Waals surface area contributed by atoms with E-state index < -0.39 is 0 Å². The molecule has 4 heteroatoms. The van der Waals surface area contributed by atoms with Crippen LogP contribution in [0.2, 0.25) is 0 Å². The van der Waals surface area contributed by atoms with E-state index in [1.165, 1.54) is 0 Å². The molecule has 0 radical (unpaired) electrons. The van der Waals surface area contributed by atoms with Gasteiger partial charge < -0.3 is 15.4 Å².